The lowest BCUT2D eigenvalue weighted by Gasteiger charge is -2.11. The lowest BCUT2D eigenvalue weighted by Crippen LogP contribution is -2.39. The van der Waals surface area contributed by atoms with Crippen LogP contribution in [0, 0.1) is 0 Å². The third-order valence-electron chi connectivity index (χ3n) is 2.62. The average Bonchev–Trinajstić information content (AvgIpc) is 2.88. The number of hydrogen-bond donors (Lipinski definition) is 2. The quantitative estimate of drug-likeness (QED) is 0.860. The summed E-state index contributed by atoms with van der Waals surface area (Å²) in [5.41, 5.74) is 1.08. The van der Waals surface area contributed by atoms with E-state index in [9.17, 15) is 9.59 Å². The van der Waals surface area contributed by atoms with Gasteiger partial charge in [0.1, 0.15) is 11.7 Å². The summed E-state index contributed by atoms with van der Waals surface area (Å²) in [6, 6.07) is 8.27. The predicted octanol–water partition coefficient (Wildman–Crippen LogP) is 1.08. The Balaban J connectivity index is 2.25. The van der Waals surface area contributed by atoms with Crippen molar-refractivity contribution in [1.82, 2.24) is 14.9 Å². The summed E-state index contributed by atoms with van der Waals surface area (Å²) in [6.07, 6.45) is 2.91. The normalized spacial score (nSPS) is 11.8. The van der Waals surface area contributed by atoms with Crippen molar-refractivity contribution in [3.63, 3.8) is 0 Å². The molecule has 0 aliphatic carbocycles. The highest BCUT2D eigenvalue weighted by molar-refractivity contribution is 5.95. The van der Waals surface area contributed by atoms with Gasteiger partial charge in [-0.05, 0) is 19.1 Å². The van der Waals surface area contributed by atoms with Gasteiger partial charge in [-0.2, -0.15) is 0 Å². The zero-order valence-electron chi connectivity index (χ0n) is 10.3. The molecule has 0 saturated heterocycles. The molecule has 0 spiro atoms. The molecule has 0 unspecified atom stereocenters. The number of carbonyl (C=O) groups is 2. The van der Waals surface area contributed by atoms with Crippen LogP contribution in [-0.4, -0.2) is 32.6 Å². The van der Waals surface area contributed by atoms with E-state index in [0.29, 0.717) is 5.69 Å². The first kappa shape index (κ1) is 12.8. The predicted molar refractivity (Wildman–Crippen MR) is 68.1 cm³/mol. The number of imidazole rings is 1. The molecule has 0 aliphatic rings. The molecular weight excluding hydrogens is 246 g/mol. The second-order valence-electron chi connectivity index (χ2n) is 4.02. The molecule has 0 saturated carbocycles. The Bertz CT molecular complexity index is 592. The number of aromatic nitrogens is 2. The Hall–Kier alpha value is -2.63. The Labute approximate surface area is 109 Å². The van der Waals surface area contributed by atoms with Crippen LogP contribution < -0.4 is 5.32 Å². The number of amides is 1. The monoisotopic (exact) mass is 259 g/mol. The smallest absolute Gasteiger partial charge is 0.325 e. The van der Waals surface area contributed by atoms with Crippen molar-refractivity contribution in [3.8, 4) is 5.69 Å². The Morgan fingerprint density at radius 2 is 2.00 bits per heavy atom. The fourth-order valence-electron chi connectivity index (χ4n) is 1.59. The van der Waals surface area contributed by atoms with E-state index < -0.39 is 17.9 Å². The van der Waals surface area contributed by atoms with Crippen LogP contribution in [0.2, 0.25) is 0 Å². The summed E-state index contributed by atoms with van der Waals surface area (Å²) in [4.78, 5) is 26.6. The highest BCUT2D eigenvalue weighted by atomic mass is 16.4. The zero-order valence-corrected chi connectivity index (χ0v) is 10.3. The molecule has 1 atom stereocenters. The number of aliphatic carboxylic acids is 1. The molecule has 2 N–H and O–H groups in total. The molecular formula is C13H13N3O3. The summed E-state index contributed by atoms with van der Waals surface area (Å²) >= 11 is 0. The minimum Gasteiger partial charge on any atom is -0.480 e. The SMILES string of the molecule is C[C@@H](NC(=O)c1cncn1-c1ccccc1)C(=O)O. The van der Waals surface area contributed by atoms with E-state index >= 15 is 0 Å². The van der Waals surface area contributed by atoms with Gasteiger partial charge in [-0.25, -0.2) is 4.98 Å². The highest BCUT2D eigenvalue weighted by Gasteiger charge is 2.18. The van der Waals surface area contributed by atoms with Gasteiger partial charge >= 0.3 is 5.97 Å². The van der Waals surface area contributed by atoms with Crippen molar-refractivity contribution < 1.29 is 14.7 Å². The van der Waals surface area contributed by atoms with Gasteiger partial charge in [0.25, 0.3) is 5.91 Å². The van der Waals surface area contributed by atoms with Gasteiger partial charge in [-0.15, -0.1) is 0 Å². The molecule has 1 heterocycles. The minimum atomic E-state index is -1.08. The second kappa shape index (κ2) is 5.34. The number of para-hydroxylation sites is 1. The van der Waals surface area contributed by atoms with Gasteiger partial charge < -0.3 is 10.4 Å². The van der Waals surface area contributed by atoms with E-state index in [2.05, 4.69) is 10.3 Å². The fraction of sp³-hybridized carbons (Fsp3) is 0.154. The number of benzene rings is 1. The first-order valence-electron chi connectivity index (χ1n) is 5.71. The molecule has 0 radical (unpaired) electrons. The van der Waals surface area contributed by atoms with E-state index in [1.807, 2.05) is 30.3 Å². The van der Waals surface area contributed by atoms with Gasteiger partial charge in [0.05, 0.1) is 12.5 Å². The summed E-state index contributed by atoms with van der Waals surface area (Å²) < 4.78 is 1.60. The number of carbonyl (C=O) groups excluding carboxylic acids is 1. The van der Waals surface area contributed by atoms with E-state index in [1.54, 1.807) is 4.57 Å². The third kappa shape index (κ3) is 2.79. The van der Waals surface area contributed by atoms with Crippen LogP contribution in [0.15, 0.2) is 42.9 Å². The number of nitrogens with one attached hydrogen (secondary N) is 1. The van der Waals surface area contributed by atoms with Crippen molar-refractivity contribution in [3.05, 3.63) is 48.5 Å². The van der Waals surface area contributed by atoms with Crippen LogP contribution in [0.4, 0.5) is 0 Å². The maximum absolute atomic E-state index is 12.0. The van der Waals surface area contributed by atoms with E-state index in [1.165, 1.54) is 19.4 Å². The van der Waals surface area contributed by atoms with Crippen LogP contribution in [0.5, 0.6) is 0 Å². The first-order valence-corrected chi connectivity index (χ1v) is 5.71. The van der Waals surface area contributed by atoms with Crippen molar-refractivity contribution >= 4 is 11.9 Å². The number of rotatable bonds is 4. The van der Waals surface area contributed by atoms with Gasteiger partial charge in [-0.1, -0.05) is 18.2 Å². The number of hydrogen-bond acceptors (Lipinski definition) is 3. The summed E-state index contributed by atoms with van der Waals surface area (Å²) in [5.74, 6) is -1.56. The van der Waals surface area contributed by atoms with Crippen molar-refractivity contribution in [1.29, 1.82) is 0 Å². The molecule has 6 nitrogen and oxygen atoms in total. The first-order chi connectivity index (χ1) is 9.09. The number of carboxylic acids is 1. The molecule has 19 heavy (non-hydrogen) atoms. The largest absolute Gasteiger partial charge is 0.480 e. The van der Waals surface area contributed by atoms with Gasteiger partial charge in [-0.3, -0.25) is 14.2 Å². The van der Waals surface area contributed by atoms with Crippen LogP contribution in [0.25, 0.3) is 5.69 Å². The van der Waals surface area contributed by atoms with E-state index in [-0.39, 0.29) is 0 Å². The zero-order chi connectivity index (χ0) is 13.8. The van der Waals surface area contributed by atoms with Gasteiger partial charge in [0, 0.05) is 5.69 Å². The van der Waals surface area contributed by atoms with Crippen LogP contribution in [-0.2, 0) is 4.79 Å². The van der Waals surface area contributed by atoms with Crippen molar-refractivity contribution in [2.75, 3.05) is 0 Å². The molecule has 1 aromatic heterocycles. The number of carboxylic acid groups (broad SMARTS) is 1. The maximum atomic E-state index is 12.0. The molecule has 2 rings (SSSR count). The van der Waals surface area contributed by atoms with E-state index in [4.69, 9.17) is 5.11 Å². The molecule has 98 valence electrons. The highest BCUT2D eigenvalue weighted by Crippen LogP contribution is 2.10. The molecule has 0 bridgehead atoms. The third-order valence-corrected chi connectivity index (χ3v) is 2.62. The lowest BCUT2D eigenvalue weighted by molar-refractivity contribution is -0.138. The van der Waals surface area contributed by atoms with Crippen LogP contribution >= 0.6 is 0 Å². The lowest BCUT2D eigenvalue weighted by atomic mass is 10.3. The standard InChI is InChI=1S/C13H13N3O3/c1-9(13(18)19)15-12(17)11-7-14-8-16(11)10-5-3-2-4-6-10/h2-9H,1H3,(H,15,17)(H,18,19)/t9-/m1/s1. The topological polar surface area (TPSA) is 84.2 Å². The Kier molecular flexibility index (Phi) is 3.61. The van der Waals surface area contributed by atoms with E-state index in [0.717, 1.165) is 5.69 Å². The summed E-state index contributed by atoms with van der Waals surface area (Å²) in [5, 5.41) is 11.2. The Morgan fingerprint density at radius 3 is 2.63 bits per heavy atom. The number of nitrogens with zero attached hydrogens (tertiary/aromatic N) is 2. The van der Waals surface area contributed by atoms with Crippen LogP contribution in [0.3, 0.4) is 0 Å². The maximum Gasteiger partial charge on any atom is 0.325 e. The molecule has 0 aliphatic heterocycles. The molecule has 6 heteroatoms. The average molecular weight is 259 g/mol. The minimum absolute atomic E-state index is 0.291. The molecule has 0 fully saturated rings. The summed E-state index contributed by atoms with van der Waals surface area (Å²) in [6.45, 7) is 1.41. The second-order valence-corrected chi connectivity index (χ2v) is 4.02. The summed E-state index contributed by atoms with van der Waals surface area (Å²) in [7, 11) is 0. The van der Waals surface area contributed by atoms with Crippen molar-refractivity contribution in [2.45, 2.75) is 13.0 Å². The van der Waals surface area contributed by atoms with Crippen molar-refractivity contribution in [2.24, 2.45) is 0 Å². The fourth-order valence-corrected chi connectivity index (χ4v) is 1.59. The Morgan fingerprint density at radius 1 is 1.32 bits per heavy atom. The molecule has 1 amide bonds. The van der Waals surface area contributed by atoms with Crippen LogP contribution in [0.1, 0.15) is 17.4 Å². The van der Waals surface area contributed by atoms with Gasteiger partial charge in [0.15, 0.2) is 0 Å². The van der Waals surface area contributed by atoms with Gasteiger partial charge in [0.2, 0.25) is 0 Å². The molecule has 2 aromatic rings. The molecule has 1 aromatic carbocycles.